The molecule has 3 atom stereocenters. The van der Waals surface area contributed by atoms with Crippen LogP contribution < -0.4 is 15.8 Å². The number of nitriles is 1. The zero-order valence-electron chi connectivity index (χ0n) is 25.1. The van der Waals surface area contributed by atoms with Gasteiger partial charge in [0.1, 0.15) is 24.5 Å². The van der Waals surface area contributed by atoms with Crippen molar-refractivity contribution in [2.24, 2.45) is 7.05 Å². The van der Waals surface area contributed by atoms with Gasteiger partial charge in [-0.2, -0.15) is 10.4 Å². The molecule has 1 amide bonds. The molecule has 0 radical (unpaired) electrons. The van der Waals surface area contributed by atoms with E-state index in [1.54, 1.807) is 34.6 Å². The van der Waals surface area contributed by atoms with Crippen molar-refractivity contribution < 1.29 is 9.53 Å². The fourth-order valence-corrected chi connectivity index (χ4v) is 5.85. The third-order valence-corrected chi connectivity index (χ3v) is 8.37. The van der Waals surface area contributed by atoms with E-state index < -0.39 is 6.09 Å². The van der Waals surface area contributed by atoms with Crippen LogP contribution in [0.5, 0.6) is 0 Å². The van der Waals surface area contributed by atoms with Gasteiger partial charge in [0.2, 0.25) is 0 Å². The Morgan fingerprint density at radius 1 is 1.14 bits per heavy atom. The molecule has 1 fully saturated rings. The Morgan fingerprint density at radius 2 is 1.91 bits per heavy atom. The largest absolute Gasteiger partial charge is 0.444 e. The summed E-state index contributed by atoms with van der Waals surface area (Å²) < 4.78 is 8.50. The summed E-state index contributed by atoms with van der Waals surface area (Å²) in [5.74, 6) is 0.433. The highest BCUT2D eigenvalue weighted by molar-refractivity contribution is 5.88. The average Bonchev–Trinajstić information content (AvgIpc) is 3.46. The van der Waals surface area contributed by atoms with Crippen LogP contribution in [0.4, 0.5) is 16.3 Å². The number of fused-ring (bicyclic) bond motifs is 1. The summed E-state index contributed by atoms with van der Waals surface area (Å²) in [5.41, 5.74) is 4.15. The molecule has 1 aliphatic rings. The standard InChI is InChI=1S/C32H38N8O3/c1-5-25-19-40(27-16-30(41)37(4)28-20-38(15-14-33)36-31(27)28)26(6-2)18-39(25)22(3)24-12-13-29(34-17-24)35-32(42)43-21-23-10-8-7-9-11-23/h7-13,16-17,20,22,25-26H,5-6,15,18-19,21H2,1-4H3,(H,34,35,42)/t22?,25-,26+/m1/s1. The summed E-state index contributed by atoms with van der Waals surface area (Å²) in [4.78, 5) is 34.6. The van der Waals surface area contributed by atoms with Crippen molar-refractivity contribution in [1.29, 1.82) is 5.26 Å². The van der Waals surface area contributed by atoms with Crippen LogP contribution in [0.25, 0.3) is 11.0 Å². The number of nitrogens with one attached hydrogen (secondary N) is 1. The third-order valence-electron chi connectivity index (χ3n) is 8.37. The summed E-state index contributed by atoms with van der Waals surface area (Å²) in [6.07, 6.45) is 4.85. The summed E-state index contributed by atoms with van der Waals surface area (Å²) in [7, 11) is 1.74. The second-order valence-electron chi connectivity index (χ2n) is 11.0. The number of carbonyl (C=O) groups excluding carboxylic acids is 1. The minimum absolute atomic E-state index is 0.0891. The van der Waals surface area contributed by atoms with Crippen LogP contribution in [0.3, 0.4) is 0 Å². The molecule has 0 bridgehead atoms. The predicted molar refractivity (Wildman–Crippen MR) is 166 cm³/mol. The van der Waals surface area contributed by atoms with Gasteiger partial charge in [0.15, 0.2) is 0 Å². The topological polar surface area (TPSA) is 121 Å². The maximum absolute atomic E-state index is 12.9. The second-order valence-corrected chi connectivity index (χ2v) is 11.0. The molecule has 1 aliphatic heterocycles. The molecule has 1 N–H and O–H groups in total. The number of anilines is 2. The summed E-state index contributed by atoms with van der Waals surface area (Å²) in [6, 6.07) is 17.6. The maximum Gasteiger partial charge on any atom is 0.413 e. The van der Waals surface area contributed by atoms with Crippen LogP contribution in [0.15, 0.2) is 65.7 Å². The van der Waals surface area contributed by atoms with Gasteiger partial charge in [-0.25, -0.2) is 9.78 Å². The molecule has 4 aromatic rings. The van der Waals surface area contributed by atoms with Crippen molar-refractivity contribution >= 4 is 28.6 Å². The van der Waals surface area contributed by atoms with Gasteiger partial charge < -0.3 is 14.2 Å². The van der Waals surface area contributed by atoms with Crippen molar-refractivity contribution in [3.8, 4) is 6.07 Å². The van der Waals surface area contributed by atoms with Gasteiger partial charge in [-0.1, -0.05) is 50.2 Å². The first-order chi connectivity index (χ1) is 20.8. The first-order valence-corrected chi connectivity index (χ1v) is 14.7. The highest BCUT2D eigenvalue weighted by atomic mass is 16.5. The van der Waals surface area contributed by atoms with E-state index in [1.807, 2.05) is 42.6 Å². The molecular weight excluding hydrogens is 544 g/mol. The molecule has 0 saturated carbocycles. The van der Waals surface area contributed by atoms with Crippen LogP contribution in [0, 0.1) is 11.3 Å². The highest BCUT2D eigenvalue weighted by Gasteiger charge is 2.36. The van der Waals surface area contributed by atoms with E-state index in [0.29, 0.717) is 5.82 Å². The van der Waals surface area contributed by atoms with Gasteiger partial charge in [-0.05, 0) is 37.0 Å². The van der Waals surface area contributed by atoms with Gasteiger partial charge in [0, 0.05) is 50.5 Å². The monoisotopic (exact) mass is 582 g/mol. The van der Waals surface area contributed by atoms with Crippen LogP contribution >= 0.6 is 0 Å². The minimum Gasteiger partial charge on any atom is -0.444 e. The number of aromatic nitrogens is 4. The number of nitrogens with zero attached hydrogens (tertiary/aromatic N) is 7. The number of carbonyl (C=O) groups is 1. The van der Waals surface area contributed by atoms with E-state index in [-0.39, 0.29) is 36.8 Å². The number of piperazine rings is 1. The third kappa shape index (κ3) is 6.39. The Hall–Kier alpha value is -4.69. The number of benzene rings is 1. The second kappa shape index (κ2) is 13.1. The van der Waals surface area contributed by atoms with Crippen LogP contribution in [0.2, 0.25) is 0 Å². The molecule has 1 aromatic carbocycles. The molecule has 0 spiro atoms. The molecule has 0 aliphatic carbocycles. The van der Waals surface area contributed by atoms with E-state index in [0.717, 1.165) is 53.8 Å². The van der Waals surface area contributed by atoms with Crippen molar-refractivity contribution in [3.05, 3.63) is 82.4 Å². The molecule has 5 rings (SSSR count). The number of amides is 1. The zero-order valence-corrected chi connectivity index (χ0v) is 25.1. The molecular formula is C32H38N8O3. The quantitative estimate of drug-likeness (QED) is 0.298. The fraction of sp³-hybridized carbons (Fsp3) is 0.406. The van der Waals surface area contributed by atoms with E-state index in [2.05, 4.69) is 52.0 Å². The number of pyridine rings is 2. The Bertz CT molecular complexity index is 1660. The van der Waals surface area contributed by atoms with Crippen molar-refractivity contribution in [1.82, 2.24) is 24.2 Å². The van der Waals surface area contributed by atoms with E-state index in [4.69, 9.17) is 4.74 Å². The van der Waals surface area contributed by atoms with Crippen LogP contribution in [-0.4, -0.2) is 55.5 Å². The Balaban J connectivity index is 1.31. The molecule has 1 unspecified atom stereocenters. The lowest BCUT2D eigenvalue weighted by Gasteiger charge is -2.49. The van der Waals surface area contributed by atoms with Gasteiger partial charge in [-0.3, -0.25) is 19.7 Å². The van der Waals surface area contributed by atoms with Gasteiger partial charge in [0.05, 0.1) is 23.5 Å². The molecule has 4 heterocycles. The van der Waals surface area contributed by atoms with E-state index >= 15 is 0 Å². The average molecular weight is 583 g/mol. The number of hydrogen-bond donors (Lipinski definition) is 1. The van der Waals surface area contributed by atoms with E-state index in [1.165, 1.54) is 0 Å². The summed E-state index contributed by atoms with van der Waals surface area (Å²) in [5, 5.41) is 16.6. The zero-order chi connectivity index (χ0) is 30.5. The van der Waals surface area contributed by atoms with Crippen molar-refractivity contribution in [2.45, 2.75) is 64.9 Å². The normalized spacial score (nSPS) is 17.9. The number of rotatable bonds is 9. The number of aryl methyl sites for hydroxylation is 1. The number of hydrogen-bond acceptors (Lipinski definition) is 8. The predicted octanol–water partition coefficient (Wildman–Crippen LogP) is 4.84. The first kappa shape index (κ1) is 29.8. The number of ether oxygens (including phenoxy) is 1. The first-order valence-electron chi connectivity index (χ1n) is 14.7. The van der Waals surface area contributed by atoms with Crippen LogP contribution in [-0.2, 0) is 24.9 Å². The molecule has 224 valence electrons. The van der Waals surface area contributed by atoms with Crippen molar-refractivity contribution in [2.75, 3.05) is 23.3 Å². The maximum atomic E-state index is 12.9. The van der Waals surface area contributed by atoms with Gasteiger partial charge in [-0.15, -0.1) is 0 Å². The summed E-state index contributed by atoms with van der Waals surface area (Å²) >= 11 is 0. The van der Waals surface area contributed by atoms with Crippen LogP contribution in [0.1, 0.15) is 50.8 Å². The molecule has 11 heteroatoms. The lowest BCUT2D eigenvalue weighted by molar-refractivity contribution is 0.101. The molecule has 1 saturated heterocycles. The molecule has 3 aromatic heterocycles. The van der Waals surface area contributed by atoms with Crippen molar-refractivity contribution in [3.63, 3.8) is 0 Å². The Kier molecular flexibility index (Phi) is 9.07. The Morgan fingerprint density at radius 3 is 2.58 bits per heavy atom. The smallest absolute Gasteiger partial charge is 0.413 e. The Labute approximate surface area is 251 Å². The van der Waals surface area contributed by atoms with E-state index in [9.17, 15) is 14.9 Å². The lowest BCUT2D eigenvalue weighted by Crippen LogP contribution is -2.58. The fourth-order valence-electron chi connectivity index (χ4n) is 5.85. The molecule has 11 nitrogen and oxygen atoms in total. The summed E-state index contributed by atoms with van der Waals surface area (Å²) in [6.45, 7) is 8.39. The molecule has 43 heavy (non-hydrogen) atoms. The highest BCUT2D eigenvalue weighted by Crippen LogP contribution is 2.34. The van der Waals surface area contributed by atoms with Gasteiger partial charge in [0.25, 0.3) is 5.56 Å². The van der Waals surface area contributed by atoms with Gasteiger partial charge >= 0.3 is 6.09 Å². The lowest BCUT2D eigenvalue weighted by atomic mass is 9.97. The minimum atomic E-state index is -0.549. The SMILES string of the molecule is CC[C@H]1CN(C(C)c2ccc(NC(=O)OCc3ccccc3)nc2)[C@H](CC)CN1c1cc(=O)n(C)c2cn(CC#N)nc12.